The highest BCUT2D eigenvalue weighted by Crippen LogP contribution is 2.30. The van der Waals surface area contributed by atoms with Crippen molar-refractivity contribution >= 4 is 21.6 Å². The minimum absolute atomic E-state index is 0.0318. The maximum Gasteiger partial charge on any atom is 0.240 e. The number of nitrogens with one attached hydrogen (secondary N) is 1. The number of halogens is 1. The molecule has 0 bridgehead atoms. The molecule has 122 valence electrons. The lowest BCUT2D eigenvalue weighted by molar-refractivity contribution is 0.0567. The fourth-order valence-corrected chi connectivity index (χ4v) is 4.60. The summed E-state index contributed by atoms with van der Waals surface area (Å²) in [4.78, 5) is 0.143. The van der Waals surface area contributed by atoms with E-state index in [0.717, 1.165) is 11.1 Å². The molecule has 6 heteroatoms. The average molecular weight is 352 g/mol. The lowest BCUT2D eigenvalue weighted by Gasteiger charge is -2.23. The van der Waals surface area contributed by atoms with Gasteiger partial charge in [0.05, 0.1) is 10.5 Å². The van der Waals surface area contributed by atoms with Crippen LogP contribution in [0.2, 0.25) is 5.02 Å². The minimum atomic E-state index is -3.72. The summed E-state index contributed by atoms with van der Waals surface area (Å²) in [7, 11) is -3.72. The van der Waals surface area contributed by atoms with Crippen molar-refractivity contribution in [3.8, 4) is 0 Å². The van der Waals surface area contributed by atoms with E-state index in [1.165, 1.54) is 6.07 Å². The predicted molar refractivity (Wildman–Crippen MR) is 90.2 cm³/mol. The van der Waals surface area contributed by atoms with E-state index in [2.05, 4.69) is 4.72 Å². The Balaban J connectivity index is 1.77. The first-order valence-electron chi connectivity index (χ1n) is 7.35. The van der Waals surface area contributed by atoms with E-state index in [9.17, 15) is 13.5 Å². The number of hydrogen-bond acceptors (Lipinski definition) is 3. The first-order chi connectivity index (χ1) is 10.8. The molecule has 0 saturated heterocycles. The Morgan fingerprint density at radius 3 is 2.35 bits per heavy atom. The summed E-state index contributed by atoms with van der Waals surface area (Å²) >= 11 is 5.99. The third-order valence-electron chi connectivity index (χ3n) is 4.26. The molecule has 23 heavy (non-hydrogen) atoms. The van der Waals surface area contributed by atoms with Crippen LogP contribution in [0, 0.1) is 6.92 Å². The molecule has 0 saturated carbocycles. The van der Waals surface area contributed by atoms with Gasteiger partial charge in [-0.2, -0.15) is 0 Å². The Kier molecular flexibility index (Phi) is 4.23. The second-order valence-corrected chi connectivity index (χ2v) is 8.18. The molecule has 0 spiro atoms. The van der Waals surface area contributed by atoms with Gasteiger partial charge in [-0.15, -0.1) is 0 Å². The van der Waals surface area contributed by atoms with Gasteiger partial charge >= 0.3 is 0 Å². The SMILES string of the molecule is Cc1c(Cl)cccc1S(=O)(=O)NCC1(O)Cc2ccccc2C1. The van der Waals surface area contributed by atoms with Crippen molar-refractivity contribution in [2.45, 2.75) is 30.3 Å². The summed E-state index contributed by atoms with van der Waals surface area (Å²) in [6.07, 6.45) is 0.889. The second kappa shape index (κ2) is 5.91. The van der Waals surface area contributed by atoms with Gasteiger partial charge in [0.15, 0.2) is 0 Å². The average Bonchev–Trinajstić information content (AvgIpc) is 2.85. The van der Waals surface area contributed by atoms with Crippen molar-refractivity contribution in [1.82, 2.24) is 4.72 Å². The summed E-state index contributed by atoms with van der Waals surface area (Å²) in [5, 5.41) is 11.1. The standard InChI is InChI=1S/C17H18ClNO3S/c1-12-15(18)7-4-8-16(12)23(21,22)19-11-17(20)9-13-5-2-3-6-14(13)10-17/h2-8,19-20H,9-11H2,1H3. The van der Waals surface area contributed by atoms with Crippen molar-refractivity contribution in [1.29, 1.82) is 0 Å². The zero-order valence-electron chi connectivity index (χ0n) is 12.7. The van der Waals surface area contributed by atoms with Crippen molar-refractivity contribution in [2.24, 2.45) is 0 Å². The lowest BCUT2D eigenvalue weighted by atomic mass is 10.0. The monoisotopic (exact) mass is 351 g/mol. The molecule has 0 fully saturated rings. The van der Waals surface area contributed by atoms with E-state index in [4.69, 9.17) is 11.6 Å². The predicted octanol–water partition coefficient (Wildman–Crippen LogP) is 2.46. The van der Waals surface area contributed by atoms with Gasteiger partial charge in [0.25, 0.3) is 0 Å². The van der Waals surface area contributed by atoms with Crippen LogP contribution in [0.1, 0.15) is 16.7 Å². The smallest absolute Gasteiger partial charge is 0.240 e. The van der Waals surface area contributed by atoms with E-state index >= 15 is 0 Å². The van der Waals surface area contributed by atoms with Gasteiger partial charge in [-0.25, -0.2) is 13.1 Å². The molecule has 1 aliphatic carbocycles. The maximum absolute atomic E-state index is 12.5. The third-order valence-corrected chi connectivity index (χ3v) is 6.21. The zero-order valence-corrected chi connectivity index (χ0v) is 14.3. The number of fused-ring (bicyclic) bond motifs is 1. The molecule has 0 unspecified atom stereocenters. The molecule has 0 aliphatic heterocycles. The van der Waals surface area contributed by atoms with E-state index in [1.807, 2.05) is 24.3 Å². The summed E-state index contributed by atoms with van der Waals surface area (Å²) in [5.41, 5.74) is 1.54. The number of hydrogen-bond donors (Lipinski definition) is 2. The normalized spacial score (nSPS) is 16.3. The van der Waals surface area contributed by atoms with Crippen LogP contribution >= 0.6 is 11.6 Å². The van der Waals surface area contributed by atoms with Crippen LogP contribution in [0.3, 0.4) is 0 Å². The second-order valence-electron chi connectivity index (χ2n) is 6.03. The van der Waals surface area contributed by atoms with Gasteiger partial charge in [-0.05, 0) is 35.7 Å². The first-order valence-corrected chi connectivity index (χ1v) is 9.21. The van der Waals surface area contributed by atoms with Crippen LogP contribution in [0.4, 0.5) is 0 Å². The molecular weight excluding hydrogens is 334 g/mol. The van der Waals surface area contributed by atoms with Crippen molar-refractivity contribution in [3.05, 3.63) is 64.2 Å². The van der Waals surface area contributed by atoms with E-state index in [0.29, 0.717) is 23.4 Å². The summed E-state index contributed by atoms with van der Waals surface area (Å²) in [6, 6.07) is 12.5. The van der Waals surface area contributed by atoms with Crippen LogP contribution < -0.4 is 4.72 Å². The molecule has 0 heterocycles. The number of sulfonamides is 1. The Labute approximate surface area is 141 Å². The van der Waals surface area contributed by atoms with Gasteiger partial charge in [-0.3, -0.25) is 0 Å². The zero-order chi connectivity index (χ0) is 16.7. The minimum Gasteiger partial charge on any atom is -0.388 e. The quantitative estimate of drug-likeness (QED) is 0.889. The molecule has 2 N–H and O–H groups in total. The van der Waals surface area contributed by atoms with Crippen molar-refractivity contribution in [2.75, 3.05) is 6.54 Å². The number of benzene rings is 2. The summed E-state index contributed by atoms with van der Waals surface area (Å²) < 4.78 is 27.5. The topological polar surface area (TPSA) is 66.4 Å². The van der Waals surface area contributed by atoms with E-state index in [-0.39, 0.29) is 11.4 Å². The Bertz CT molecular complexity index is 824. The van der Waals surface area contributed by atoms with Crippen LogP contribution in [0.15, 0.2) is 47.4 Å². The summed E-state index contributed by atoms with van der Waals surface area (Å²) in [5.74, 6) is 0. The molecule has 2 aromatic carbocycles. The molecule has 0 atom stereocenters. The van der Waals surface area contributed by atoms with Gasteiger partial charge in [0.2, 0.25) is 10.0 Å². The largest absolute Gasteiger partial charge is 0.388 e. The van der Waals surface area contributed by atoms with Crippen LogP contribution in [-0.2, 0) is 22.9 Å². The molecule has 2 aromatic rings. The van der Waals surface area contributed by atoms with Crippen LogP contribution in [0.25, 0.3) is 0 Å². The molecule has 4 nitrogen and oxygen atoms in total. The molecule has 0 amide bonds. The highest BCUT2D eigenvalue weighted by molar-refractivity contribution is 7.89. The van der Waals surface area contributed by atoms with Crippen molar-refractivity contribution < 1.29 is 13.5 Å². The molecule has 1 aliphatic rings. The molecule has 0 aromatic heterocycles. The van der Waals surface area contributed by atoms with Crippen LogP contribution in [-0.4, -0.2) is 25.7 Å². The van der Waals surface area contributed by atoms with Gasteiger partial charge in [0.1, 0.15) is 0 Å². The highest BCUT2D eigenvalue weighted by atomic mass is 35.5. The Hall–Kier alpha value is -1.40. The number of aliphatic hydroxyl groups is 1. The maximum atomic E-state index is 12.5. The Morgan fingerprint density at radius 1 is 1.13 bits per heavy atom. The molecule has 3 rings (SSSR count). The van der Waals surface area contributed by atoms with Crippen LogP contribution in [0.5, 0.6) is 0 Å². The fraction of sp³-hybridized carbons (Fsp3) is 0.294. The number of rotatable bonds is 4. The summed E-state index contributed by atoms with van der Waals surface area (Å²) in [6.45, 7) is 1.63. The van der Waals surface area contributed by atoms with Gasteiger partial charge < -0.3 is 5.11 Å². The first kappa shape index (κ1) is 16.5. The van der Waals surface area contributed by atoms with E-state index < -0.39 is 15.6 Å². The lowest BCUT2D eigenvalue weighted by Crippen LogP contribution is -2.43. The third kappa shape index (κ3) is 3.28. The molecule has 0 radical (unpaired) electrons. The molecular formula is C17H18ClNO3S. The highest BCUT2D eigenvalue weighted by Gasteiger charge is 2.36. The van der Waals surface area contributed by atoms with Gasteiger partial charge in [-0.1, -0.05) is 41.9 Å². The van der Waals surface area contributed by atoms with E-state index in [1.54, 1.807) is 19.1 Å². The Morgan fingerprint density at radius 2 is 1.74 bits per heavy atom. The van der Waals surface area contributed by atoms with Gasteiger partial charge in [0, 0.05) is 24.4 Å². The van der Waals surface area contributed by atoms with Crippen molar-refractivity contribution in [3.63, 3.8) is 0 Å². The fourth-order valence-electron chi connectivity index (χ4n) is 2.98.